The van der Waals surface area contributed by atoms with Gasteiger partial charge in [-0.2, -0.15) is 0 Å². The summed E-state index contributed by atoms with van der Waals surface area (Å²) in [6, 6.07) is 0. The van der Waals surface area contributed by atoms with Gasteiger partial charge in [0.1, 0.15) is 12.8 Å². The van der Waals surface area contributed by atoms with Crippen LogP contribution < -0.4 is 11.1 Å². The molecule has 1 unspecified atom stereocenters. The number of nitrogens with two attached hydrogens (primary N) is 1. The first kappa shape index (κ1) is 9.46. The van der Waals surface area contributed by atoms with Crippen LogP contribution in [0.4, 0.5) is 0 Å². The summed E-state index contributed by atoms with van der Waals surface area (Å²) in [5.74, 6) is -3.30. The average Bonchev–Trinajstić information content (AvgIpc) is 2.48. The zero-order valence-corrected chi connectivity index (χ0v) is 7.47. The van der Waals surface area contributed by atoms with Gasteiger partial charge in [-0.3, -0.25) is 15.3 Å². The lowest BCUT2D eigenvalue weighted by atomic mass is 10.1. The van der Waals surface area contributed by atoms with Gasteiger partial charge in [0.05, 0.1) is 0 Å². The maximum Gasteiger partial charge on any atom is 0.309 e. The first-order chi connectivity index (χ1) is 7.00. The Morgan fingerprint density at radius 3 is 3.07 bits per heavy atom. The normalized spacial score (nSPS) is 27.9. The number of fused-ring (bicyclic) bond motifs is 1. The molecule has 0 fully saturated rings. The lowest BCUT2D eigenvalue weighted by Gasteiger charge is -2.28. The molecule has 1 atom stereocenters. The molecule has 0 saturated heterocycles. The molecule has 15 heavy (non-hydrogen) atoms. The smallest absolute Gasteiger partial charge is 0.309 e. The molecule has 2 rings (SSSR count). The summed E-state index contributed by atoms with van der Waals surface area (Å²) in [5, 5.41) is 10.8. The van der Waals surface area contributed by atoms with Crippen LogP contribution in [0.25, 0.3) is 0 Å². The Labute approximate surface area is 83.6 Å². The first-order valence-corrected chi connectivity index (χ1v) is 4.04. The highest BCUT2D eigenvalue weighted by Gasteiger charge is 2.38. The number of rotatable bonds is 2. The van der Waals surface area contributed by atoms with Crippen LogP contribution in [0.5, 0.6) is 0 Å². The van der Waals surface area contributed by atoms with Crippen molar-refractivity contribution in [2.75, 3.05) is 0 Å². The Hall–Kier alpha value is -2.09. The quantitative estimate of drug-likeness (QED) is 0.489. The number of amidine groups is 1. The highest BCUT2D eigenvalue weighted by Crippen LogP contribution is 2.13. The molecule has 1 amide bonds. The number of hydrogen-bond acceptors (Lipinski definition) is 6. The van der Waals surface area contributed by atoms with Crippen molar-refractivity contribution in [3.05, 3.63) is 0 Å². The fraction of sp³-hybridized carbons (Fsp3) is 0.286. The van der Waals surface area contributed by atoms with Crippen molar-refractivity contribution in [3.63, 3.8) is 0 Å². The Morgan fingerprint density at radius 1 is 1.67 bits per heavy atom. The number of hydrogen-bond donors (Lipinski definition) is 3. The fourth-order valence-corrected chi connectivity index (χ4v) is 1.29. The van der Waals surface area contributed by atoms with Gasteiger partial charge < -0.3 is 10.4 Å². The van der Waals surface area contributed by atoms with E-state index in [0.717, 1.165) is 0 Å². The molecular weight excluding hydrogens is 202 g/mol. The molecule has 8 nitrogen and oxygen atoms in total. The predicted octanol–water partition coefficient (Wildman–Crippen LogP) is -1.92. The number of nitrogens with zero attached hydrogens (tertiary/aromatic N) is 3. The van der Waals surface area contributed by atoms with Gasteiger partial charge in [0, 0.05) is 0 Å². The number of carboxylic acid groups (broad SMARTS) is 1. The number of aliphatic carboxylic acids is 1. The highest BCUT2D eigenvalue weighted by atomic mass is 16.4. The number of nitrogens with one attached hydrogen (secondary N) is 1. The summed E-state index contributed by atoms with van der Waals surface area (Å²) >= 11 is 0. The minimum Gasteiger partial charge on any atom is -0.481 e. The molecule has 0 bridgehead atoms. The zero-order valence-electron chi connectivity index (χ0n) is 7.47. The molecule has 78 valence electrons. The van der Waals surface area contributed by atoms with Crippen molar-refractivity contribution in [1.82, 2.24) is 5.32 Å². The first-order valence-electron chi connectivity index (χ1n) is 4.04. The van der Waals surface area contributed by atoms with Gasteiger partial charge >= 0.3 is 5.97 Å². The number of amides is 1. The molecule has 0 aliphatic carbocycles. The van der Waals surface area contributed by atoms with E-state index < -0.39 is 24.1 Å². The minimum atomic E-state index is -1.64. The monoisotopic (exact) mass is 209 g/mol. The summed E-state index contributed by atoms with van der Waals surface area (Å²) in [4.78, 5) is 33.1. The van der Waals surface area contributed by atoms with Gasteiger partial charge in [-0.05, 0) is 0 Å². The molecular formula is C7H7N5O3. The minimum absolute atomic E-state index is 0.0569. The van der Waals surface area contributed by atoms with E-state index in [1.54, 1.807) is 0 Å². The van der Waals surface area contributed by atoms with Crippen LogP contribution in [0.3, 0.4) is 0 Å². The van der Waals surface area contributed by atoms with Gasteiger partial charge in [0.15, 0.2) is 17.3 Å². The SMILES string of the molecule is NC1(CC(=O)O)N=C2N=CN=C2C(=O)N1. The molecule has 2 heterocycles. The van der Waals surface area contributed by atoms with E-state index in [1.165, 1.54) is 6.34 Å². The standard InChI is InChI=1S/C7H7N5O3/c8-7(1-3(13)14)11-5-4(6(15)12-7)9-2-10-5/h2H,1,8H2,(H,12,15)(H,13,14). The van der Waals surface area contributed by atoms with Crippen molar-refractivity contribution in [2.45, 2.75) is 12.2 Å². The average molecular weight is 209 g/mol. The van der Waals surface area contributed by atoms with Gasteiger partial charge in [0.25, 0.3) is 5.91 Å². The van der Waals surface area contributed by atoms with Crippen LogP contribution in [0, 0.1) is 0 Å². The van der Waals surface area contributed by atoms with Crippen molar-refractivity contribution >= 4 is 29.8 Å². The van der Waals surface area contributed by atoms with Crippen LogP contribution in [0.1, 0.15) is 6.42 Å². The molecule has 0 saturated carbocycles. The summed E-state index contributed by atoms with van der Waals surface area (Å²) in [5.41, 5.74) is 5.63. The summed E-state index contributed by atoms with van der Waals surface area (Å²) in [6.07, 6.45) is 0.658. The predicted molar refractivity (Wildman–Crippen MR) is 50.7 cm³/mol. The number of aliphatic imine (C=N–C) groups is 3. The second-order valence-electron chi connectivity index (χ2n) is 3.11. The fourth-order valence-electron chi connectivity index (χ4n) is 1.29. The number of carboxylic acids is 1. The Kier molecular flexibility index (Phi) is 1.86. The summed E-state index contributed by atoms with van der Waals surface area (Å²) < 4.78 is 0. The molecule has 2 aliphatic heterocycles. The topological polar surface area (TPSA) is 130 Å². The van der Waals surface area contributed by atoms with Crippen molar-refractivity contribution in [3.8, 4) is 0 Å². The Morgan fingerprint density at radius 2 is 2.40 bits per heavy atom. The highest BCUT2D eigenvalue weighted by molar-refractivity contribution is 6.69. The third-order valence-corrected chi connectivity index (χ3v) is 1.85. The van der Waals surface area contributed by atoms with E-state index in [-0.39, 0.29) is 11.5 Å². The van der Waals surface area contributed by atoms with E-state index in [2.05, 4.69) is 20.3 Å². The van der Waals surface area contributed by atoms with Crippen LogP contribution in [-0.2, 0) is 9.59 Å². The zero-order chi connectivity index (χ0) is 11.1. The van der Waals surface area contributed by atoms with Gasteiger partial charge in [-0.25, -0.2) is 15.0 Å². The largest absolute Gasteiger partial charge is 0.481 e. The maximum atomic E-state index is 11.4. The van der Waals surface area contributed by atoms with Gasteiger partial charge in [0.2, 0.25) is 0 Å². The van der Waals surface area contributed by atoms with Crippen LogP contribution >= 0.6 is 0 Å². The Balaban J connectivity index is 2.35. The molecule has 0 radical (unpaired) electrons. The van der Waals surface area contributed by atoms with E-state index in [0.29, 0.717) is 0 Å². The van der Waals surface area contributed by atoms with Crippen molar-refractivity contribution in [1.29, 1.82) is 0 Å². The van der Waals surface area contributed by atoms with E-state index in [1.807, 2.05) is 0 Å². The molecule has 2 aliphatic rings. The van der Waals surface area contributed by atoms with Crippen LogP contribution in [0.2, 0.25) is 0 Å². The van der Waals surface area contributed by atoms with E-state index >= 15 is 0 Å². The van der Waals surface area contributed by atoms with Gasteiger partial charge in [-0.1, -0.05) is 0 Å². The number of carbonyl (C=O) groups is 2. The van der Waals surface area contributed by atoms with Crippen LogP contribution in [0.15, 0.2) is 15.0 Å². The molecule has 4 N–H and O–H groups in total. The van der Waals surface area contributed by atoms with E-state index in [4.69, 9.17) is 10.8 Å². The molecule has 0 aromatic heterocycles. The number of carbonyl (C=O) groups excluding carboxylic acids is 1. The maximum absolute atomic E-state index is 11.4. The lowest BCUT2D eigenvalue weighted by molar-refractivity contribution is -0.138. The molecule has 0 aromatic carbocycles. The second kappa shape index (κ2) is 2.95. The molecule has 8 heteroatoms. The summed E-state index contributed by atoms with van der Waals surface area (Å²) in [6.45, 7) is 0. The Bertz CT molecular complexity index is 438. The van der Waals surface area contributed by atoms with Crippen molar-refractivity contribution in [2.24, 2.45) is 20.7 Å². The molecule has 0 aromatic rings. The van der Waals surface area contributed by atoms with Gasteiger partial charge in [-0.15, -0.1) is 0 Å². The van der Waals surface area contributed by atoms with E-state index in [9.17, 15) is 9.59 Å². The third-order valence-electron chi connectivity index (χ3n) is 1.85. The van der Waals surface area contributed by atoms with Crippen molar-refractivity contribution < 1.29 is 14.7 Å². The third kappa shape index (κ3) is 1.62. The second-order valence-corrected chi connectivity index (χ2v) is 3.11. The molecule has 0 spiro atoms. The van der Waals surface area contributed by atoms with Crippen LogP contribution in [-0.4, -0.2) is 40.7 Å². The summed E-state index contributed by atoms with van der Waals surface area (Å²) in [7, 11) is 0. The lowest BCUT2D eigenvalue weighted by Crippen LogP contribution is -2.61.